The number of tetrazole rings is 1. The van der Waals surface area contributed by atoms with Gasteiger partial charge in [0.1, 0.15) is 0 Å². The number of esters is 1. The fourth-order valence-electron chi connectivity index (χ4n) is 1.88. The van der Waals surface area contributed by atoms with Crippen molar-refractivity contribution in [3.63, 3.8) is 0 Å². The number of ether oxygens (including phenoxy) is 1. The molecular weight excluding hydrogens is 308 g/mol. The van der Waals surface area contributed by atoms with Gasteiger partial charge in [-0.15, -0.1) is 5.10 Å². The topological polar surface area (TPSA) is 104 Å². The van der Waals surface area contributed by atoms with Crippen LogP contribution in [0, 0.1) is 0 Å². The maximum atomic E-state index is 12.1. The van der Waals surface area contributed by atoms with E-state index in [1.807, 2.05) is 6.92 Å². The highest BCUT2D eigenvalue weighted by Crippen LogP contribution is 2.16. The van der Waals surface area contributed by atoms with Gasteiger partial charge < -0.3 is 4.74 Å². The molecule has 1 aromatic heterocycles. The summed E-state index contributed by atoms with van der Waals surface area (Å²) in [7, 11) is -3.51. The molecule has 1 aromatic carbocycles. The van der Waals surface area contributed by atoms with Crippen molar-refractivity contribution in [2.45, 2.75) is 31.4 Å². The number of rotatable bonds is 6. The first kappa shape index (κ1) is 16.1. The third kappa shape index (κ3) is 3.67. The standard InChI is InChI=1S/C13H16N4O4S/c1-3-8-17-12(14-15-16-17)9-21-13(18)10-6-4-5-7-11(10)22(2,19)20/h4-7H,3,8-9H2,1-2H3. The average molecular weight is 324 g/mol. The number of benzene rings is 1. The zero-order valence-corrected chi connectivity index (χ0v) is 13.1. The van der Waals surface area contributed by atoms with E-state index in [1.165, 1.54) is 16.8 Å². The zero-order valence-electron chi connectivity index (χ0n) is 12.3. The molecule has 0 radical (unpaired) electrons. The van der Waals surface area contributed by atoms with Crippen molar-refractivity contribution in [1.82, 2.24) is 20.2 Å². The summed E-state index contributed by atoms with van der Waals surface area (Å²) in [4.78, 5) is 12.1. The minimum Gasteiger partial charge on any atom is -0.454 e. The third-order valence-corrected chi connectivity index (χ3v) is 4.04. The van der Waals surface area contributed by atoms with Crippen LogP contribution in [0.4, 0.5) is 0 Å². The first-order valence-electron chi connectivity index (χ1n) is 6.64. The highest BCUT2D eigenvalue weighted by molar-refractivity contribution is 7.90. The molecule has 22 heavy (non-hydrogen) atoms. The predicted molar refractivity (Wildman–Crippen MR) is 76.8 cm³/mol. The summed E-state index contributed by atoms with van der Waals surface area (Å²) in [6, 6.07) is 5.90. The lowest BCUT2D eigenvalue weighted by molar-refractivity contribution is 0.0452. The molecule has 8 nitrogen and oxygen atoms in total. The van der Waals surface area contributed by atoms with Crippen LogP contribution >= 0.6 is 0 Å². The summed E-state index contributed by atoms with van der Waals surface area (Å²) >= 11 is 0. The van der Waals surface area contributed by atoms with Crippen LogP contribution in [0.2, 0.25) is 0 Å². The second-order valence-electron chi connectivity index (χ2n) is 4.66. The van der Waals surface area contributed by atoms with E-state index in [2.05, 4.69) is 15.5 Å². The molecular formula is C13H16N4O4S. The lowest BCUT2D eigenvalue weighted by Crippen LogP contribution is -2.13. The van der Waals surface area contributed by atoms with E-state index >= 15 is 0 Å². The predicted octanol–water partition coefficient (Wildman–Crippen LogP) is 0.844. The Labute approximate surface area is 128 Å². The summed E-state index contributed by atoms with van der Waals surface area (Å²) in [6.45, 7) is 2.46. The molecule has 9 heteroatoms. The van der Waals surface area contributed by atoms with Gasteiger partial charge in [-0.2, -0.15) is 0 Å². The van der Waals surface area contributed by atoms with E-state index in [1.54, 1.807) is 12.1 Å². The summed E-state index contributed by atoms with van der Waals surface area (Å²) < 4.78 is 30.0. The molecule has 0 N–H and O–H groups in total. The van der Waals surface area contributed by atoms with E-state index < -0.39 is 15.8 Å². The Morgan fingerprint density at radius 2 is 2.05 bits per heavy atom. The summed E-state index contributed by atoms with van der Waals surface area (Å²) in [6.07, 6.45) is 1.88. The molecule has 2 rings (SSSR count). The molecule has 0 bridgehead atoms. The van der Waals surface area contributed by atoms with Gasteiger partial charge in [-0.3, -0.25) is 0 Å². The Kier molecular flexibility index (Phi) is 4.86. The molecule has 0 saturated carbocycles. The van der Waals surface area contributed by atoms with Crippen LogP contribution < -0.4 is 0 Å². The first-order chi connectivity index (χ1) is 10.4. The van der Waals surface area contributed by atoms with Crippen LogP contribution in [-0.2, 0) is 27.7 Å². The Bertz CT molecular complexity index is 770. The molecule has 2 aromatic rings. The maximum absolute atomic E-state index is 12.1. The van der Waals surface area contributed by atoms with Crippen molar-refractivity contribution in [3.8, 4) is 0 Å². The van der Waals surface area contributed by atoms with Gasteiger partial charge in [0.25, 0.3) is 0 Å². The van der Waals surface area contributed by atoms with Crippen LogP contribution in [0.25, 0.3) is 0 Å². The minimum atomic E-state index is -3.51. The van der Waals surface area contributed by atoms with Crippen LogP contribution in [0.3, 0.4) is 0 Å². The minimum absolute atomic E-state index is 0.000448. The van der Waals surface area contributed by atoms with Crippen molar-refractivity contribution < 1.29 is 17.9 Å². The van der Waals surface area contributed by atoms with Crippen LogP contribution in [0.15, 0.2) is 29.2 Å². The van der Waals surface area contributed by atoms with Crippen molar-refractivity contribution in [1.29, 1.82) is 0 Å². The lowest BCUT2D eigenvalue weighted by atomic mass is 10.2. The SMILES string of the molecule is CCCn1nnnc1COC(=O)c1ccccc1S(C)(=O)=O. The summed E-state index contributed by atoms with van der Waals surface area (Å²) in [5.74, 6) is -0.320. The van der Waals surface area contributed by atoms with Crippen molar-refractivity contribution in [2.24, 2.45) is 0 Å². The maximum Gasteiger partial charge on any atom is 0.339 e. The van der Waals surface area contributed by atoms with Crippen molar-refractivity contribution >= 4 is 15.8 Å². The molecule has 0 spiro atoms. The van der Waals surface area contributed by atoms with Crippen LogP contribution in [-0.4, -0.2) is 40.9 Å². The van der Waals surface area contributed by atoms with Gasteiger partial charge in [-0.25, -0.2) is 17.9 Å². The van der Waals surface area contributed by atoms with Gasteiger partial charge in [-0.05, 0) is 29.0 Å². The molecule has 0 atom stereocenters. The first-order valence-corrected chi connectivity index (χ1v) is 8.54. The molecule has 0 aliphatic rings. The van der Waals surface area contributed by atoms with Gasteiger partial charge in [-0.1, -0.05) is 19.1 Å². The highest BCUT2D eigenvalue weighted by Gasteiger charge is 2.20. The van der Waals surface area contributed by atoms with Gasteiger partial charge in [0.2, 0.25) is 0 Å². The Morgan fingerprint density at radius 3 is 2.73 bits per heavy atom. The molecule has 0 saturated heterocycles. The average Bonchev–Trinajstić information content (AvgIpc) is 2.92. The Hall–Kier alpha value is -2.29. The van der Waals surface area contributed by atoms with E-state index in [4.69, 9.17) is 4.74 Å². The zero-order chi connectivity index (χ0) is 16.2. The monoisotopic (exact) mass is 324 g/mol. The fourth-order valence-corrected chi connectivity index (χ4v) is 2.76. The number of nitrogens with zero attached hydrogens (tertiary/aromatic N) is 4. The fraction of sp³-hybridized carbons (Fsp3) is 0.385. The van der Waals surface area contributed by atoms with E-state index in [9.17, 15) is 13.2 Å². The lowest BCUT2D eigenvalue weighted by Gasteiger charge is -2.08. The second-order valence-corrected chi connectivity index (χ2v) is 6.65. The van der Waals surface area contributed by atoms with Crippen molar-refractivity contribution in [2.75, 3.05) is 6.26 Å². The van der Waals surface area contributed by atoms with Gasteiger partial charge in [0.05, 0.1) is 10.5 Å². The van der Waals surface area contributed by atoms with Gasteiger partial charge in [0, 0.05) is 12.8 Å². The number of carbonyl (C=O) groups is 1. The molecule has 1 heterocycles. The van der Waals surface area contributed by atoms with Crippen molar-refractivity contribution in [3.05, 3.63) is 35.7 Å². The highest BCUT2D eigenvalue weighted by atomic mass is 32.2. The third-order valence-electron chi connectivity index (χ3n) is 2.88. The number of aromatic nitrogens is 4. The molecule has 118 valence electrons. The summed E-state index contributed by atoms with van der Waals surface area (Å²) in [5, 5.41) is 11.1. The van der Waals surface area contributed by atoms with Gasteiger partial charge in [0.15, 0.2) is 22.3 Å². The molecule has 0 unspecified atom stereocenters. The number of carbonyl (C=O) groups excluding carboxylic acids is 1. The molecule has 0 aliphatic carbocycles. The van der Waals surface area contributed by atoms with Crippen LogP contribution in [0.5, 0.6) is 0 Å². The number of hydrogen-bond acceptors (Lipinski definition) is 7. The van der Waals surface area contributed by atoms with Crippen LogP contribution in [0.1, 0.15) is 29.5 Å². The number of sulfone groups is 1. The normalized spacial score (nSPS) is 11.4. The smallest absolute Gasteiger partial charge is 0.339 e. The van der Waals surface area contributed by atoms with E-state index in [0.29, 0.717) is 12.4 Å². The quantitative estimate of drug-likeness (QED) is 0.725. The second kappa shape index (κ2) is 6.65. The Balaban J connectivity index is 2.15. The van der Waals surface area contributed by atoms with E-state index in [-0.39, 0.29) is 17.1 Å². The molecule has 0 fully saturated rings. The number of aryl methyl sites for hydroxylation is 1. The molecule has 0 aliphatic heterocycles. The summed E-state index contributed by atoms with van der Waals surface area (Å²) in [5.41, 5.74) is -0.000448. The largest absolute Gasteiger partial charge is 0.454 e. The molecule has 0 amide bonds. The number of hydrogen-bond donors (Lipinski definition) is 0. The van der Waals surface area contributed by atoms with Gasteiger partial charge >= 0.3 is 5.97 Å². The Morgan fingerprint density at radius 1 is 1.32 bits per heavy atom. The van der Waals surface area contributed by atoms with E-state index in [0.717, 1.165) is 12.7 Å².